The Kier molecular flexibility index (Phi) is 0.706. The predicted octanol–water partition coefficient (Wildman–Crippen LogP) is 2.46. The van der Waals surface area contributed by atoms with Gasteiger partial charge in [0.05, 0.1) is 0 Å². The summed E-state index contributed by atoms with van der Waals surface area (Å²) in [5, 5.41) is 0. The predicted molar refractivity (Wildman–Crippen MR) is 43.9 cm³/mol. The van der Waals surface area contributed by atoms with Crippen LogP contribution in [0.4, 0.5) is 0 Å². The fourth-order valence-corrected chi connectivity index (χ4v) is 4.51. The first-order valence-electron chi connectivity index (χ1n) is 5.15. The first-order valence-corrected chi connectivity index (χ1v) is 5.15. The largest absolute Gasteiger partial charge is 0.0845 e. The molecule has 0 aromatic heterocycles. The van der Waals surface area contributed by atoms with Gasteiger partial charge in [0.2, 0.25) is 0 Å². The molecular weight excluding hydrogens is 132 g/mol. The fourth-order valence-electron chi connectivity index (χ4n) is 4.51. The van der Waals surface area contributed by atoms with E-state index in [2.05, 4.69) is 12.2 Å². The van der Waals surface area contributed by atoms with E-state index in [-0.39, 0.29) is 0 Å². The van der Waals surface area contributed by atoms with E-state index in [1.165, 1.54) is 18.3 Å². The van der Waals surface area contributed by atoms with Gasteiger partial charge >= 0.3 is 0 Å². The van der Waals surface area contributed by atoms with Crippen LogP contribution in [0.5, 0.6) is 0 Å². The zero-order valence-corrected chi connectivity index (χ0v) is 6.74. The monoisotopic (exact) mass is 146 g/mol. The van der Waals surface area contributed by atoms with Crippen LogP contribution in [0.15, 0.2) is 12.2 Å². The van der Waals surface area contributed by atoms with Crippen molar-refractivity contribution < 1.29 is 0 Å². The van der Waals surface area contributed by atoms with Gasteiger partial charge in [-0.15, -0.1) is 0 Å². The van der Waals surface area contributed by atoms with E-state index in [4.69, 9.17) is 0 Å². The molecule has 4 rings (SSSR count). The van der Waals surface area contributed by atoms with Gasteiger partial charge in [-0.2, -0.15) is 0 Å². The van der Waals surface area contributed by atoms with Crippen molar-refractivity contribution in [2.45, 2.75) is 19.3 Å². The molecule has 6 atom stereocenters. The number of hydrogen-bond acceptors (Lipinski definition) is 0. The molecule has 0 heteroatoms. The summed E-state index contributed by atoms with van der Waals surface area (Å²) in [6.45, 7) is 0. The molecular formula is C11H14. The highest BCUT2D eigenvalue weighted by Crippen LogP contribution is 2.72. The van der Waals surface area contributed by atoms with Crippen LogP contribution in [-0.4, -0.2) is 0 Å². The van der Waals surface area contributed by atoms with E-state index in [1.807, 2.05) is 0 Å². The lowest BCUT2D eigenvalue weighted by Crippen LogP contribution is -2.11. The fraction of sp³-hybridized carbons (Fsp3) is 0.818. The lowest BCUT2D eigenvalue weighted by atomic mass is 9.88. The molecule has 4 aliphatic carbocycles. The Balaban J connectivity index is 1.83. The molecule has 0 spiro atoms. The third-order valence-corrected chi connectivity index (χ3v) is 4.81. The maximum atomic E-state index is 2.54. The number of fused-ring (bicyclic) bond motifs is 4. The molecule has 0 saturated heterocycles. The summed E-state index contributed by atoms with van der Waals surface area (Å²) in [6, 6.07) is 0. The third-order valence-electron chi connectivity index (χ3n) is 4.81. The van der Waals surface area contributed by atoms with Gasteiger partial charge in [-0.25, -0.2) is 0 Å². The Labute approximate surface area is 67.7 Å². The molecule has 0 radical (unpaired) electrons. The lowest BCUT2D eigenvalue weighted by Gasteiger charge is -2.16. The summed E-state index contributed by atoms with van der Waals surface area (Å²) in [7, 11) is 0. The Bertz CT molecular complexity index is 240. The van der Waals surface area contributed by atoms with Gasteiger partial charge in [-0.05, 0) is 48.3 Å². The first kappa shape index (κ1) is 5.40. The SMILES string of the molecule is C1=C[C@H]2C3[C@H]2[C@@H]2CCC[C@@H]2[C@H]13. The molecule has 11 heavy (non-hydrogen) atoms. The molecule has 0 amide bonds. The number of hydrogen-bond donors (Lipinski definition) is 0. The molecule has 0 aromatic rings. The minimum atomic E-state index is 1.05. The maximum absolute atomic E-state index is 2.54. The average Bonchev–Trinajstić information content (AvgIpc) is 2.48. The van der Waals surface area contributed by atoms with E-state index in [0.717, 1.165) is 23.7 Å². The molecule has 0 heterocycles. The molecule has 0 bridgehead atoms. The zero-order chi connectivity index (χ0) is 7.00. The van der Waals surface area contributed by atoms with Crippen molar-refractivity contribution in [3.63, 3.8) is 0 Å². The van der Waals surface area contributed by atoms with Crippen LogP contribution in [0.1, 0.15) is 19.3 Å². The van der Waals surface area contributed by atoms with Gasteiger partial charge in [-0.1, -0.05) is 18.6 Å². The van der Waals surface area contributed by atoms with Crippen LogP contribution in [0.25, 0.3) is 0 Å². The van der Waals surface area contributed by atoms with Crippen LogP contribution in [-0.2, 0) is 0 Å². The summed E-state index contributed by atoms with van der Waals surface area (Å²) < 4.78 is 0. The maximum Gasteiger partial charge on any atom is -0.0162 e. The number of allylic oxidation sites excluding steroid dienone is 2. The summed E-state index contributed by atoms with van der Waals surface area (Å²) in [5.74, 6) is 6.77. The normalized spacial score (nSPS) is 68.4. The van der Waals surface area contributed by atoms with Gasteiger partial charge in [-0.3, -0.25) is 0 Å². The second-order valence-corrected chi connectivity index (χ2v) is 4.95. The summed E-state index contributed by atoms with van der Waals surface area (Å²) in [4.78, 5) is 0. The van der Waals surface area contributed by atoms with Crippen molar-refractivity contribution >= 4 is 0 Å². The second kappa shape index (κ2) is 1.44. The summed E-state index contributed by atoms with van der Waals surface area (Å²) in [5.41, 5.74) is 0. The highest BCUT2D eigenvalue weighted by molar-refractivity contribution is 5.28. The van der Waals surface area contributed by atoms with Crippen LogP contribution in [0.2, 0.25) is 0 Å². The average molecular weight is 146 g/mol. The summed E-state index contributed by atoms with van der Waals surface area (Å²) in [6.07, 6.45) is 9.73. The molecule has 3 saturated carbocycles. The molecule has 58 valence electrons. The van der Waals surface area contributed by atoms with Gasteiger partial charge in [0.25, 0.3) is 0 Å². The van der Waals surface area contributed by atoms with Crippen molar-refractivity contribution in [1.29, 1.82) is 0 Å². The van der Waals surface area contributed by atoms with Crippen molar-refractivity contribution in [2.24, 2.45) is 35.5 Å². The third kappa shape index (κ3) is 0.432. The number of rotatable bonds is 0. The highest BCUT2D eigenvalue weighted by Gasteiger charge is 2.67. The molecule has 3 fully saturated rings. The Morgan fingerprint density at radius 1 is 0.818 bits per heavy atom. The van der Waals surface area contributed by atoms with Crippen molar-refractivity contribution in [1.82, 2.24) is 0 Å². The Morgan fingerprint density at radius 3 is 2.64 bits per heavy atom. The van der Waals surface area contributed by atoms with E-state index in [0.29, 0.717) is 0 Å². The molecule has 4 aliphatic rings. The van der Waals surface area contributed by atoms with Gasteiger partial charge in [0.15, 0.2) is 0 Å². The quantitative estimate of drug-likeness (QED) is 0.460. The molecule has 0 aromatic carbocycles. The minimum Gasteiger partial charge on any atom is -0.0845 e. The lowest BCUT2D eigenvalue weighted by molar-refractivity contribution is 0.336. The van der Waals surface area contributed by atoms with Crippen molar-refractivity contribution in [3.8, 4) is 0 Å². The summed E-state index contributed by atoms with van der Waals surface area (Å²) >= 11 is 0. The topological polar surface area (TPSA) is 0 Å². The van der Waals surface area contributed by atoms with Crippen molar-refractivity contribution in [2.75, 3.05) is 0 Å². The standard InChI is InChI=1S/C11H14/c1-2-6-7(3-1)10-9-5-4-8(6)11(9)10/h4-11H,1-3H2/t6-,7+,8-,9+,10-,11?/m0/s1. The molecule has 1 unspecified atom stereocenters. The second-order valence-electron chi connectivity index (χ2n) is 4.95. The molecule has 0 aliphatic heterocycles. The molecule has 0 N–H and O–H groups in total. The van der Waals surface area contributed by atoms with Crippen LogP contribution < -0.4 is 0 Å². The van der Waals surface area contributed by atoms with Crippen LogP contribution >= 0.6 is 0 Å². The first-order chi connectivity index (χ1) is 5.47. The Hall–Kier alpha value is -0.260. The van der Waals surface area contributed by atoms with Gasteiger partial charge in [0.1, 0.15) is 0 Å². The van der Waals surface area contributed by atoms with E-state index in [9.17, 15) is 0 Å². The minimum absolute atomic E-state index is 1.05. The van der Waals surface area contributed by atoms with E-state index >= 15 is 0 Å². The van der Waals surface area contributed by atoms with Gasteiger partial charge in [0, 0.05) is 0 Å². The van der Waals surface area contributed by atoms with Crippen molar-refractivity contribution in [3.05, 3.63) is 12.2 Å². The highest BCUT2D eigenvalue weighted by atomic mass is 14.7. The van der Waals surface area contributed by atoms with Gasteiger partial charge < -0.3 is 0 Å². The Morgan fingerprint density at radius 2 is 1.64 bits per heavy atom. The van der Waals surface area contributed by atoms with Crippen LogP contribution in [0.3, 0.4) is 0 Å². The van der Waals surface area contributed by atoms with Crippen LogP contribution in [0, 0.1) is 35.5 Å². The molecule has 0 nitrogen and oxygen atoms in total. The van der Waals surface area contributed by atoms with E-state index < -0.39 is 0 Å². The van der Waals surface area contributed by atoms with E-state index in [1.54, 1.807) is 12.8 Å². The smallest absolute Gasteiger partial charge is 0.0162 e. The zero-order valence-electron chi connectivity index (χ0n) is 6.74.